The van der Waals surface area contributed by atoms with Gasteiger partial charge in [-0.3, -0.25) is 4.79 Å². The number of likely N-dealkylation sites (tertiary alicyclic amines) is 1. The minimum Gasteiger partial charge on any atom is -0.361 e. The summed E-state index contributed by atoms with van der Waals surface area (Å²) in [7, 11) is 0. The van der Waals surface area contributed by atoms with Crippen molar-refractivity contribution in [3.05, 3.63) is 56.8 Å². The maximum absolute atomic E-state index is 13.4. The maximum Gasteiger partial charge on any atom is 0.255 e. The van der Waals surface area contributed by atoms with Crippen LogP contribution in [0.15, 0.2) is 35.2 Å². The molecule has 2 aromatic carbocycles. The van der Waals surface area contributed by atoms with Gasteiger partial charge in [0, 0.05) is 35.8 Å². The average Bonchev–Trinajstić information content (AvgIpc) is 2.96. The summed E-state index contributed by atoms with van der Waals surface area (Å²) in [6.45, 7) is 7.76. The predicted molar refractivity (Wildman–Crippen MR) is 133 cm³/mol. The Morgan fingerprint density at radius 1 is 1.06 bits per heavy atom. The van der Waals surface area contributed by atoms with Gasteiger partial charge in [0.05, 0.1) is 26.3 Å². The molecule has 172 valence electrons. The third-order valence-electron chi connectivity index (χ3n) is 5.86. The predicted octanol–water partition coefficient (Wildman–Crippen LogP) is 7.42. The van der Waals surface area contributed by atoms with Gasteiger partial charge in [0.1, 0.15) is 5.82 Å². The molecule has 0 aliphatic carbocycles. The second-order valence-corrected chi connectivity index (χ2v) is 12.0. The highest BCUT2D eigenvalue weighted by Gasteiger charge is 2.42. The Hall–Kier alpha value is -1.14. The van der Waals surface area contributed by atoms with Crippen molar-refractivity contribution >= 4 is 58.2 Å². The van der Waals surface area contributed by atoms with E-state index in [1.54, 1.807) is 11.8 Å². The van der Waals surface area contributed by atoms with Crippen LogP contribution < -0.4 is 4.90 Å². The zero-order valence-corrected chi connectivity index (χ0v) is 21.4. The molecule has 2 heterocycles. The molecule has 0 spiro atoms. The Morgan fingerprint density at radius 2 is 1.72 bits per heavy atom. The molecule has 4 rings (SSSR count). The molecule has 2 fully saturated rings. The number of fused-ring (bicyclic) bond motifs is 2. The quantitative estimate of drug-likeness (QED) is 0.396. The molecule has 3 nitrogen and oxygen atoms in total. The van der Waals surface area contributed by atoms with E-state index < -0.39 is 5.82 Å². The van der Waals surface area contributed by atoms with Crippen molar-refractivity contribution in [3.8, 4) is 0 Å². The molecular weight excluding hydrogens is 490 g/mol. The fourth-order valence-electron chi connectivity index (χ4n) is 4.42. The molecule has 0 radical (unpaired) electrons. The highest BCUT2D eigenvalue weighted by atomic mass is 35.5. The van der Waals surface area contributed by atoms with E-state index in [1.165, 1.54) is 18.2 Å². The summed E-state index contributed by atoms with van der Waals surface area (Å²) in [6.07, 6.45) is 1.94. The molecule has 2 bridgehead atoms. The van der Waals surface area contributed by atoms with Crippen LogP contribution >= 0.6 is 46.6 Å². The topological polar surface area (TPSA) is 23.6 Å². The van der Waals surface area contributed by atoms with Crippen LogP contribution in [0.4, 0.5) is 10.1 Å². The van der Waals surface area contributed by atoms with Crippen LogP contribution in [0.5, 0.6) is 0 Å². The lowest BCUT2D eigenvalue weighted by Crippen LogP contribution is -2.55. The van der Waals surface area contributed by atoms with Crippen molar-refractivity contribution in [1.82, 2.24) is 4.90 Å². The Kier molecular flexibility index (Phi) is 6.94. The first-order valence-electron chi connectivity index (χ1n) is 10.7. The van der Waals surface area contributed by atoms with Crippen molar-refractivity contribution in [2.45, 2.75) is 50.6 Å². The number of thioether (sulfide) groups is 1. The molecule has 0 N–H and O–H groups in total. The molecule has 2 aliphatic rings. The van der Waals surface area contributed by atoms with Crippen molar-refractivity contribution in [1.29, 1.82) is 0 Å². The second kappa shape index (κ2) is 9.25. The van der Waals surface area contributed by atoms with E-state index in [1.807, 2.05) is 11.0 Å². The third kappa shape index (κ3) is 5.01. The van der Waals surface area contributed by atoms with Crippen LogP contribution in [0.2, 0.25) is 15.1 Å². The lowest BCUT2D eigenvalue weighted by Gasteiger charge is -2.43. The van der Waals surface area contributed by atoms with Gasteiger partial charge in [0.25, 0.3) is 5.91 Å². The SMILES string of the molecule is CC(C)(C)CSc1cc(Cl)c(Cl)c(N2C3CCC2CN(C(=O)c2ccc(F)cc2Cl)C3)c1. The summed E-state index contributed by atoms with van der Waals surface area (Å²) in [5, 5.41) is 1.25. The summed E-state index contributed by atoms with van der Waals surface area (Å²) >= 11 is 21.1. The third-order valence-corrected chi connectivity index (χ3v) is 8.55. The van der Waals surface area contributed by atoms with Gasteiger partial charge in [-0.15, -0.1) is 11.8 Å². The Morgan fingerprint density at radius 3 is 2.31 bits per heavy atom. The van der Waals surface area contributed by atoms with Crippen LogP contribution in [-0.2, 0) is 0 Å². The van der Waals surface area contributed by atoms with Crippen molar-refractivity contribution in [3.63, 3.8) is 0 Å². The molecule has 2 aromatic rings. The number of amides is 1. The number of carbonyl (C=O) groups excluding carboxylic acids is 1. The molecule has 8 heteroatoms. The molecule has 0 saturated carbocycles. The number of benzene rings is 2. The summed E-state index contributed by atoms with van der Waals surface area (Å²) in [5.41, 5.74) is 1.47. The molecular formula is C24H26Cl3FN2OS. The number of halogens is 4. The normalized spacial score (nSPS) is 20.7. The highest BCUT2D eigenvalue weighted by molar-refractivity contribution is 7.99. The van der Waals surface area contributed by atoms with Gasteiger partial charge in [-0.25, -0.2) is 4.39 Å². The number of hydrogen-bond acceptors (Lipinski definition) is 3. The zero-order valence-electron chi connectivity index (χ0n) is 18.3. The van der Waals surface area contributed by atoms with Crippen LogP contribution in [0.25, 0.3) is 0 Å². The first-order valence-corrected chi connectivity index (χ1v) is 12.8. The van der Waals surface area contributed by atoms with Crippen molar-refractivity contribution in [2.75, 3.05) is 23.7 Å². The molecule has 2 aliphatic heterocycles. The standard InChI is InChI=1S/C24H26Cl3FN2OS/c1-24(2,3)13-32-17-9-20(26)22(27)21(10-17)30-15-5-6-16(30)12-29(11-15)23(31)18-7-4-14(28)8-19(18)25/h4,7-10,15-16H,5-6,11-13H2,1-3H3. The molecule has 2 saturated heterocycles. The Labute approximate surface area is 208 Å². The van der Waals surface area contributed by atoms with Crippen LogP contribution in [-0.4, -0.2) is 41.7 Å². The number of nitrogens with zero attached hydrogens (tertiary/aromatic N) is 2. The summed E-state index contributed by atoms with van der Waals surface area (Å²) in [6, 6.07) is 8.27. The van der Waals surface area contributed by atoms with E-state index in [-0.39, 0.29) is 28.4 Å². The number of carbonyl (C=O) groups is 1. The summed E-state index contributed by atoms with van der Waals surface area (Å²) in [5.74, 6) is 0.357. The van der Waals surface area contributed by atoms with Crippen LogP contribution in [0, 0.1) is 11.2 Å². The smallest absolute Gasteiger partial charge is 0.255 e. The fourth-order valence-corrected chi connectivity index (χ4v) is 6.15. The summed E-state index contributed by atoms with van der Waals surface area (Å²) in [4.78, 5) is 18.4. The van der Waals surface area contributed by atoms with Gasteiger partial charge in [0.2, 0.25) is 0 Å². The van der Waals surface area contributed by atoms with Gasteiger partial charge >= 0.3 is 0 Å². The Balaban J connectivity index is 1.56. The first kappa shape index (κ1) is 24.0. The zero-order chi connectivity index (χ0) is 23.2. The number of piperazine rings is 1. The van der Waals surface area contributed by atoms with Crippen molar-refractivity contribution in [2.24, 2.45) is 5.41 Å². The highest BCUT2D eigenvalue weighted by Crippen LogP contribution is 2.44. The molecule has 1 amide bonds. The van der Waals surface area contributed by atoms with Gasteiger partial charge in [-0.2, -0.15) is 0 Å². The lowest BCUT2D eigenvalue weighted by molar-refractivity contribution is 0.0718. The molecule has 32 heavy (non-hydrogen) atoms. The largest absolute Gasteiger partial charge is 0.361 e. The van der Waals surface area contributed by atoms with E-state index in [0.717, 1.165) is 29.2 Å². The molecule has 0 aromatic heterocycles. The van der Waals surface area contributed by atoms with Crippen molar-refractivity contribution < 1.29 is 9.18 Å². The minimum atomic E-state index is -0.452. The van der Waals surface area contributed by atoms with Gasteiger partial charge in [-0.05, 0) is 48.6 Å². The van der Waals surface area contributed by atoms with E-state index in [0.29, 0.717) is 28.7 Å². The van der Waals surface area contributed by atoms with E-state index in [9.17, 15) is 9.18 Å². The Bertz CT molecular complexity index is 1030. The fraction of sp³-hybridized carbons (Fsp3) is 0.458. The lowest BCUT2D eigenvalue weighted by atomic mass is 10.0. The number of hydrogen-bond donors (Lipinski definition) is 0. The minimum absolute atomic E-state index is 0.142. The van der Waals surface area contributed by atoms with Crippen LogP contribution in [0.1, 0.15) is 44.0 Å². The maximum atomic E-state index is 13.4. The van der Waals surface area contributed by atoms with Gasteiger partial charge in [-0.1, -0.05) is 55.6 Å². The monoisotopic (exact) mass is 514 g/mol. The first-order chi connectivity index (χ1) is 15.0. The average molecular weight is 516 g/mol. The van der Waals surface area contributed by atoms with E-state index >= 15 is 0 Å². The molecule has 2 atom stereocenters. The second-order valence-electron chi connectivity index (χ2n) is 9.71. The number of rotatable bonds is 4. The van der Waals surface area contributed by atoms with Gasteiger partial charge in [0.15, 0.2) is 0 Å². The summed E-state index contributed by atoms with van der Waals surface area (Å²) < 4.78 is 13.4. The van der Waals surface area contributed by atoms with E-state index in [2.05, 4.69) is 31.7 Å². The number of anilines is 1. The van der Waals surface area contributed by atoms with E-state index in [4.69, 9.17) is 34.8 Å². The molecule has 2 unspecified atom stereocenters. The van der Waals surface area contributed by atoms with Crippen LogP contribution in [0.3, 0.4) is 0 Å². The van der Waals surface area contributed by atoms with Gasteiger partial charge < -0.3 is 9.80 Å².